The molecular formula is C15H24N6O. The molecule has 0 saturated carbocycles. The van der Waals surface area contributed by atoms with Gasteiger partial charge in [0.15, 0.2) is 0 Å². The highest BCUT2D eigenvalue weighted by atomic mass is 16.2. The van der Waals surface area contributed by atoms with Gasteiger partial charge in [-0.25, -0.2) is 9.48 Å². The summed E-state index contributed by atoms with van der Waals surface area (Å²) in [7, 11) is 0. The fourth-order valence-corrected chi connectivity index (χ4v) is 3.09. The Balaban J connectivity index is 1.71. The van der Waals surface area contributed by atoms with Crippen LogP contribution >= 0.6 is 0 Å². The van der Waals surface area contributed by atoms with Gasteiger partial charge in [0.2, 0.25) is 0 Å². The van der Waals surface area contributed by atoms with Crippen molar-refractivity contribution in [3.8, 4) is 0 Å². The zero-order valence-corrected chi connectivity index (χ0v) is 13.1. The zero-order chi connectivity index (χ0) is 15.4. The van der Waals surface area contributed by atoms with Crippen LogP contribution in [0.2, 0.25) is 0 Å². The van der Waals surface area contributed by atoms with Crippen LogP contribution in [0.25, 0.3) is 0 Å². The van der Waals surface area contributed by atoms with Crippen LogP contribution in [0.15, 0.2) is 23.3 Å². The highest BCUT2D eigenvalue weighted by Crippen LogP contribution is 2.20. The largest absolute Gasteiger partial charge is 0.345 e. The van der Waals surface area contributed by atoms with Crippen molar-refractivity contribution in [3.05, 3.63) is 34.8 Å². The molecule has 0 aliphatic carbocycles. The topological polar surface area (TPSA) is 69.7 Å². The summed E-state index contributed by atoms with van der Waals surface area (Å²) in [6.45, 7) is 6.12. The second-order valence-corrected chi connectivity index (χ2v) is 5.77. The summed E-state index contributed by atoms with van der Waals surface area (Å²) in [5.74, 6) is 1.30. The molecule has 1 fully saturated rings. The summed E-state index contributed by atoms with van der Waals surface area (Å²) in [6.07, 6.45) is 6.81. The summed E-state index contributed by atoms with van der Waals surface area (Å²) in [5.41, 5.74) is 0.0172. The molecule has 0 bridgehead atoms. The molecule has 1 N–H and O–H groups in total. The standard InChI is InChI=1S/C15H24N6O/c1-2-20-14(13-6-3-7-16-12-13)18-21(15(20)22)11-5-10-19-9-4-8-17-19/h4,8-9,13,16H,2-3,5-7,10-12H2,1H3/t13-/m0/s1. The number of nitrogens with zero attached hydrogens (tertiary/aromatic N) is 5. The Bertz CT molecular complexity index is 636. The lowest BCUT2D eigenvalue weighted by Crippen LogP contribution is -2.31. The molecule has 1 saturated heterocycles. The number of piperidine rings is 1. The molecule has 3 rings (SSSR count). The van der Waals surface area contributed by atoms with E-state index < -0.39 is 0 Å². The zero-order valence-electron chi connectivity index (χ0n) is 13.1. The third kappa shape index (κ3) is 3.14. The number of aryl methyl sites for hydroxylation is 2. The van der Waals surface area contributed by atoms with Crippen molar-refractivity contribution in [1.82, 2.24) is 29.4 Å². The molecule has 22 heavy (non-hydrogen) atoms. The Hall–Kier alpha value is -1.89. The monoisotopic (exact) mass is 304 g/mol. The molecule has 0 aromatic carbocycles. The van der Waals surface area contributed by atoms with E-state index >= 15 is 0 Å². The molecule has 2 aromatic heterocycles. The predicted octanol–water partition coefficient (Wildman–Crippen LogP) is 0.818. The number of hydrogen-bond donors (Lipinski definition) is 1. The first-order chi connectivity index (χ1) is 10.8. The van der Waals surface area contributed by atoms with E-state index in [-0.39, 0.29) is 5.69 Å². The Labute approximate surface area is 129 Å². The molecule has 2 aromatic rings. The summed E-state index contributed by atoms with van der Waals surface area (Å²) in [4.78, 5) is 12.5. The maximum atomic E-state index is 12.5. The van der Waals surface area contributed by atoms with Gasteiger partial charge in [0.25, 0.3) is 0 Å². The molecule has 0 amide bonds. The van der Waals surface area contributed by atoms with E-state index in [4.69, 9.17) is 0 Å². The van der Waals surface area contributed by atoms with Gasteiger partial charge in [0.1, 0.15) is 5.82 Å². The Morgan fingerprint density at radius 1 is 1.41 bits per heavy atom. The lowest BCUT2D eigenvalue weighted by Gasteiger charge is -2.21. The van der Waals surface area contributed by atoms with E-state index in [1.54, 1.807) is 10.9 Å². The summed E-state index contributed by atoms with van der Waals surface area (Å²) < 4.78 is 5.33. The van der Waals surface area contributed by atoms with Crippen molar-refractivity contribution in [1.29, 1.82) is 0 Å². The average molecular weight is 304 g/mol. The van der Waals surface area contributed by atoms with Gasteiger partial charge in [-0.1, -0.05) is 0 Å². The summed E-state index contributed by atoms with van der Waals surface area (Å²) in [6, 6.07) is 1.91. The van der Waals surface area contributed by atoms with Crippen LogP contribution in [0.1, 0.15) is 37.9 Å². The molecule has 1 atom stereocenters. The molecule has 7 heteroatoms. The minimum atomic E-state index is 0.0172. The van der Waals surface area contributed by atoms with Crippen molar-refractivity contribution < 1.29 is 0 Å². The van der Waals surface area contributed by atoms with Gasteiger partial charge < -0.3 is 5.32 Å². The Kier molecular flexibility index (Phi) is 4.72. The number of rotatable bonds is 6. The molecule has 1 aliphatic rings. The highest BCUT2D eigenvalue weighted by Gasteiger charge is 2.23. The Morgan fingerprint density at radius 2 is 2.32 bits per heavy atom. The minimum Gasteiger partial charge on any atom is -0.316 e. The van der Waals surface area contributed by atoms with E-state index in [1.165, 1.54) is 0 Å². The fourth-order valence-electron chi connectivity index (χ4n) is 3.09. The maximum Gasteiger partial charge on any atom is 0.345 e. The van der Waals surface area contributed by atoms with E-state index in [2.05, 4.69) is 15.5 Å². The SMILES string of the molecule is CCn1c([C@H]2CCCNC2)nn(CCCn2cccn2)c1=O. The minimum absolute atomic E-state index is 0.0172. The van der Waals surface area contributed by atoms with Crippen molar-refractivity contribution in [2.75, 3.05) is 13.1 Å². The van der Waals surface area contributed by atoms with Gasteiger partial charge >= 0.3 is 5.69 Å². The van der Waals surface area contributed by atoms with Crippen molar-refractivity contribution in [3.63, 3.8) is 0 Å². The van der Waals surface area contributed by atoms with E-state index in [1.807, 2.05) is 28.4 Å². The second kappa shape index (κ2) is 6.91. The molecule has 7 nitrogen and oxygen atoms in total. The first-order valence-corrected chi connectivity index (χ1v) is 8.15. The quantitative estimate of drug-likeness (QED) is 0.858. The third-order valence-electron chi connectivity index (χ3n) is 4.25. The van der Waals surface area contributed by atoms with Crippen LogP contribution in [0, 0.1) is 0 Å². The van der Waals surface area contributed by atoms with Crippen LogP contribution in [-0.4, -0.2) is 37.2 Å². The van der Waals surface area contributed by atoms with Gasteiger partial charge in [-0.05, 0) is 38.8 Å². The first-order valence-electron chi connectivity index (χ1n) is 8.15. The second-order valence-electron chi connectivity index (χ2n) is 5.77. The molecule has 0 unspecified atom stereocenters. The van der Waals surface area contributed by atoms with Crippen LogP contribution in [0.3, 0.4) is 0 Å². The van der Waals surface area contributed by atoms with Crippen LogP contribution < -0.4 is 11.0 Å². The van der Waals surface area contributed by atoms with Crippen molar-refractivity contribution >= 4 is 0 Å². The van der Waals surface area contributed by atoms with Gasteiger partial charge in [0, 0.05) is 44.5 Å². The Morgan fingerprint density at radius 3 is 3.00 bits per heavy atom. The van der Waals surface area contributed by atoms with Crippen molar-refractivity contribution in [2.45, 2.75) is 51.7 Å². The fraction of sp³-hybridized carbons (Fsp3) is 0.667. The van der Waals surface area contributed by atoms with Gasteiger partial charge in [0.05, 0.1) is 0 Å². The highest BCUT2D eigenvalue weighted by molar-refractivity contribution is 5.00. The molecular weight excluding hydrogens is 280 g/mol. The van der Waals surface area contributed by atoms with Gasteiger partial charge in [-0.2, -0.15) is 10.2 Å². The number of hydrogen-bond acceptors (Lipinski definition) is 4. The van der Waals surface area contributed by atoms with E-state index in [0.29, 0.717) is 19.0 Å². The molecule has 1 aliphatic heterocycles. The molecule has 0 radical (unpaired) electrons. The lowest BCUT2D eigenvalue weighted by molar-refractivity contribution is 0.429. The molecule has 3 heterocycles. The predicted molar refractivity (Wildman–Crippen MR) is 83.8 cm³/mol. The number of aromatic nitrogens is 5. The van der Waals surface area contributed by atoms with Crippen LogP contribution in [0.4, 0.5) is 0 Å². The summed E-state index contributed by atoms with van der Waals surface area (Å²) >= 11 is 0. The normalized spacial score (nSPS) is 18.7. The lowest BCUT2D eigenvalue weighted by atomic mass is 9.99. The average Bonchev–Trinajstić information content (AvgIpc) is 3.17. The van der Waals surface area contributed by atoms with Crippen LogP contribution in [0.5, 0.6) is 0 Å². The maximum absolute atomic E-state index is 12.5. The molecule has 120 valence electrons. The van der Waals surface area contributed by atoms with E-state index in [9.17, 15) is 4.79 Å². The first kappa shape index (κ1) is 15.0. The summed E-state index contributed by atoms with van der Waals surface area (Å²) in [5, 5.41) is 12.2. The van der Waals surface area contributed by atoms with Gasteiger partial charge in [-0.3, -0.25) is 9.25 Å². The van der Waals surface area contributed by atoms with Crippen molar-refractivity contribution in [2.24, 2.45) is 0 Å². The van der Waals surface area contributed by atoms with Gasteiger partial charge in [-0.15, -0.1) is 0 Å². The van der Waals surface area contributed by atoms with Crippen LogP contribution in [-0.2, 0) is 19.6 Å². The number of nitrogens with one attached hydrogen (secondary N) is 1. The smallest absolute Gasteiger partial charge is 0.316 e. The third-order valence-corrected chi connectivity index (χ3v) is 4.25. The molecule has 0 spiro atoms. The van der Waals surface area contributed by atoms with E-state index in [0.717, 1.165) is 44.7 Å².